The molecule has 0 unspecified atom stereocenters. The molecule has 2 aliphatic rings. The normalized spacial score (nSPS) is 20.3. The van der Waals surface area contributed by atoms with E-state index in [-0.39, 0.29) is 23.8 Å². The fraction of sp³-hybridized carbons (Fsp3) is 0.524. The smallest absolute Gasteiger partial charge is 0.286 e. The van der Waals surface area contributed by atoms with E-state index in [4.69, 9.17) is 0 Å². The summed E-state index contributed by atoms with van der Waals surface area (Å²) in [6.45, 7) is 2.79. The number of carbonyl (C=O) groups is 2. The van der Waals surface area contributed by atoms with Gasteiger partial charge in [0.25, 0.3) is 5.91 Å². The number of hydrogen-bond donors (Lipinski definition) is 1. The quantitative estimate of drug-likeness (QED) is 0.831. The maximum atomic E-state index is 13.0. The first-order valence-corrected chi connectivity index (χ1v) is 11.0. The number of anilines is 1. The van der Waals surface area contributed by atoms with Crippen LogP contribution < -0.4 is 5.32 Å². The van der Waals surface area contributed by atoms with Gasteiger partial charge in [-0.15, -0.1) is 10.2 Å². The molecule has 148 valence electrons. The highest BCUT2D eigenvalue weighted by Crippen LogP contribution is 2.37. The van der Waals surface area contributed by atoms with Gasteiger partial charge < -0.3 is 10.2 Å². The van der Waals surface area contributed by atoms with E-state index in [0.29, 0.717) is 5.01 Å². The monoisotopic (exact) mass is 398 g/mol. The molecule has 7 heteroatoms. The number of aryl methyl sites for hydroxylation is 1. The zero-order valence-corrected chi connectivity index (χ0v) is 17.0. The number of amides is 2. The van der Waals surface area contributed by atoms with E-state index in [1.54, 1.807) is 0 Å². The summed E-state index contributed by atoms with van der Waals surface area (Å²) in [5.74, 6) is 0.172. The van der Waals surface area contributed by atoms with Crippen molar-refractivity contribution in [3.8, 4) is 0 Å². The van der Waals surface area contributed by atoms with Crippen LogP contribution in [0.5, 0.6) is 0 Å². The molecule has 1 aliphatic carbocycles. The fourth-order valence-corrected chi connectivity index (χ4v) is 5.04. The molecule has 2 heterocycles. The Morgan fingerprint density at radius 2 is 1.79 bits per heavy atom. The molecule has 2 amide bonds. The summed E-state index contributed by atoms with van der Waals surface area (Å²) in [6, 6.07) is 7.61. The average Bonchev–Trinajstić information content (AvgIpc) is 3.39. The average molecular weight is 399 g/mol. The van der Waals surface area contributed by atoms with Gasteiger partial charge in [-0.25, -0.2) is 0 Å². The van der Waals surface area contributed by atoms with Crippen LogP contribution in [0.15, 0.2) is 24.3 Å². The van der Waals surface area contributed by atoms with Gasteiger partial charge in [-0.3, -0.25) is 9.59 Å². The summed E-state index contributed by atoms with van der Waals surface area (Å²) in [7, 11) is 0. The highest BCUT2D eigenvalue weighted by Gasteiger charge is 2.36. The lowest BCUT2D eigenvalue weighted by molar-refractivity contribution is -0.137. The summed E-state index contributed by atoms with van der Waals surface area (Å²) in [4.78, 5) is 27.5. The highest BCUT2D eigenvalue weighted by atomic mass is 32.1. The molecule has 0 spiro atoms. The molecule has 1 saturated carbocycles. The van der Waals surface area contributed by atoms with E-state index in [0.717, 1.165) is 61.3 Å². The van der Waals surface area contributed by atoms with Gasteiger partial charge in [0.15, 0.2) is 0 Å². The number of nitrogens with zero attached hydrogens (tertiary/aromatic N) is 3. The molecule has 1 atom stereocenters. The molecule has 1 saturated heterocycles. The van der Waals surface area contributed by atoms with Crippen LogP contribution in [-0.2, 0) is 4.79 Å². The summed E-state index contributed by atoms with van der Waals surface area (Å²) in [5.41, 5.74) is 1.88. The number of nitrogens with one attached hydrogen (secondary N) is 1. The van der Waals surface area contributed by atoms with Gasteiger partial charge in [-0.05, 0) is 44.7 Å². The van der Waals surface area contributed by atoms with E-state index in [1.165, 1.54) is 17.8 Å². The van der Waals surface area contributed by atoms with Gasteiger partial charge in [-0.1, -0.05) is 48.3 Å². The zero-order valence-electron chi connectivity index (χ0n) is 16.2. The molecule has 2 fully saturated rings. The van der Waals surface area contributed by atoms with Gasteiger partial charge >= 0.3 is 0 Å². The number of likely N-dealkylation sites (tertiary alicyclic amines) is 1. The van der Waals surface area contributed by atoms with Crippen molar-refractivity contribution in [2.45, 2.75) is 57.9 Å². The maximum absolute atomic E-state index is 13.0. The maximum Gasteiger partial charge on any atom is 0.286 e. The van der Waals surface area contributed by atoms with Crippen LogP contribution in [0.25, 0.3) is 0 Å². The van der Waals surface area contributed by atoms with Gasteiger partial charge in [0.05, 0.1) is 6.04 Å². The van der Waals surface area contributed by atoms with Gasteiger partial charge in [0.1, 0.15) is 5.01 Å². The third-order valence-corrected chi connectivity index (χ3v) is 6.74. The van der Waals surface area contributed by atoms with Crippen molar-refractivity contribution in [3.63, 3.8) is 0 Å². The first-order chi connectivity index (χ1) is 13.6. The lowest BCUT2D eigenvalue weighted by Gasteiger charge is -2.29. The van der Waals surface area contributed by atoms with Crippen LogP contribution in [0.1, 0.15) is 71.4 Å². The summed E-state index contributed by atoms with van der Waals surface area (Å²) >= 11 is 1.30. The summed E-state index contributed by atoms with van der Waals surface area (Å²) in [5, 5.41) is 12.3. The molecule has 4 rings (SSSR count). The van der Waals surface area contributed by atoms with Crippen molar-refractivity contribution in [3.05, 3.63) is 39.8 Å². The molecule has 1 aromatic carbocycles. The van der Waals surface area contributed by atoms with Crippen molar-refractivity contribution in [2.75, 3.05) is 11.9 Å². The Balaban J connectivity index is 1.44. The molecular weight excluding hydrogens is 372 g/mol. The second-order valence-corrected chi connectivity index (χ2v) is 8.80. The van der Waals surface area contributed by atoms with Crippen molar-refractivity contribution >= 4 is 28.8 Å². The first kappa shape index (κ1) is 19.1. The SMILES string of the molecule is Cc1ccc(NC(=O)c2nnc([C@@H]3CCCN3C(=O)C3CCCCC3)s2)cc1. The minimum atomic E-state index is -0.254. The van der Waals surface area contributed by atoms with E-state index >= 15 is 0 Å². The first-order valence-electron chi connectivity index (χ1n) is 10.1. The van der Waals surface area contributed by atoms with E-state index in [2.05, 4.69) is 15.5 Å². The van der Waals surface area contributed by atoms with Crippen molar-refractivity contribution in [2.24, 2.45) is 5.92 Å². The molecule has 1 aromatic heterocycles. The molecule has 6 nitrogen and oxygen atoms in total. The molecule has 0 bridgehead atoms. The third-order valence-electron chi connectivity index (χ3n) is 5.72. The van der Waals surface area contributed by atoms with E-state index in [1.807, 2.05) is 36.1 Å². The summed E-state index contributed by atoms with van der Waals surface area (Å²) < 4.78 is 0. The number of aromatic nitrogens is 2. The molecule has 28 heavy (non-hydrogen) atoms. The largest absolute Gasteiger partial charge is 0.333 e. The Morgan fingerprint density at radius 1 is 1.04 bits per heavy atom. The van der Waals surface area contributed by atoms with Crippen LogP contribution in [0.4, 0.5) is 5.69 Å². The zero-order chi connectivity index (χ0) is 19.5. The molecule has 0 radical (unpaired) electrons. The third kappa shape index (κ3) is 4.09. The molecule has 1 N–H and O–H groups in total. The van der Waals surface area contributed by atoms with Crippen LogP contribution >= 0.6 is 11.3 Å². The minimum Gasteiger partial charge on any atom is -0.333 e. The summed E-state index contributed by atoms with van der Waals surface area (Å²) in [6.07, 6.45) is 7.42. The Bertz CT molecular complexity index is 842. The van der Waals surface area contributed by atoms with E-state index in [9.17, 15) is 9.59 Å². The highest BCUT2D eigenvalue weighted by molar-refractivity contribution is 7.13. The molecule has 2 aromatic rings. The predicted octanol–water partition coefficient (Wildman–Crippen LogP) is 4.34. The van der Waals surface area contributed by atoms with Crippen molar-refractivity contribution < 1.29 is 9.59 Å². The van der Waals surface area contributed by atoms with Gasteiger partial charge in [0, 0.05) is 18.2 Å². The van der Waals surface area contributed by atoms with Crippen molar-refractivity contribution in [1.82, 2.24) is 15.1 Å². The number of hydrogen-bond acceptors (Lipinski definition) is 5. The van der Waals surface area contributed by atoms with Gasteiger partial charge in [-0.2, -0.15) is 0 Å². The van der Waals surface area contributed by atoms with E-state index < -0.39 is 0 Å². The lowest BCUT2D eigenvalue weighted by Crippen LogP contribution is -2.36. The lowest BCUT2D eigenvalue weighted by atomic mass is 9.88. The second kappa shape index (κ2) is 8.39. The van der Waals surface area contributed by atoms with Crippen molar-refractivity contribution in [1.29, 1.82) is 0 Å². The molecular formula is C21H26N4O2S. The topological polar surface area (TPSA) is 75.2 Å². The second-order valence-electron chi connectivity index (χ2n) is 7.79. The molecule has 1 aliphatic heterocycles. The fourth-order valence-electron chi connectivity index (χ4n) is 4.15. The van der Waals surface area contributed by atoms with Crippen LogP contribution in [-0.4, -0.2) is 33.5 Å². The number of rotatable bonds is 4. The van der Waals surface area contributed by atoms with Crippen LogP contribution in [0, 0.1) is 12.8 Å². The number of carbonyl (C=O) groups excluding carboxylic acids is 2. The minimum absolute atomic E-state index is 0.0344. The standard InChI is InChI=1S/C21H26N4O2S/c1-14-9-11-16(12-10-14)22-18(26)20-24-23-19(28-20)17-8-5-13-25(17)21(27)15-6-3-2-4-7-15/h9-12,15,17H,2-8,13H2,1H3,(H,22,26)/t17-/m0/s1. The van der Waals surface area contributed by atoms with Crippen LogP contribution in [0.2, 0.25) is 0 Å². The number of benzene rings is 1. The Kier molecular flexibility index (Phi) is 5.71. The Morgan fingerprint density at radius 3 is 2.54 bits per heavy atom. The van der Waals surface area contributed by atoms with Gasteiger partial charge in [0.2, 0.25) is 10.9 Å². The predicted molar refractivity (Wildman–Crippen MR) is 109 cm³/mol. The Labute approximate surface area is 169 Å². The Hall–Kier alpha value is -2.28. The van der Waals surface area contributed by atoms with Crippen LogP contribution in [0.3, 0.4) is 0 Å².